The van der Waals surface area contributed by atoms with Gasteiger partial charge in [0.25, 0.3) is 0 Å². The number of nitrogens with one attached hydrogen (secondary N) is 1. The summed E-state index contributed by atoms with van der Waals surface area (Å²) in [7, 11) is 3.06. The lowest BCUT2D eigenvalue weighted by Crippen LogP contribution is -2.53. The molecule has 1 atom stereocenters. The van der Waals surface area contributed by atoms with Gasteiger partial charge in [0.2, 0.25) is 11.6 Å². The average Bonchev–Trinajstić information content (AvgIpc) is 2.47. The quantitative estimate of drug-likeness (QED) is 0.896. The Morgan fingerprint density at radius 2 is 1.95 bits per heavy atom. The van der Waals surface area contributed by atoms with E-state index in [0.29, 0.717) is 11.6 Å². The molecule has 0 saturated heterocycles. The topological polar surface area (TPSA) is 66.6 Å². The zero-order valence-corrected chi connectivity index (χ0v) is 11.1. The second-order valence-corrected chi connectivity index (χ2v) is 4.18. The highest BCUT2D eigenvalue weighted by Crippen LogP contribution is 2.24. The summed E-state index contributed by atoms with van der Waals surface area (Å²) < 4.78 is 10.6. The van der Waals surface area contributed by atoms with Crippen LogP contribution in [0.5, 0.6) is 0 Å². The lowest BCUT2D eigenvalue weighted by atomic mass is 9.99. The van der Waals surface area contributed by atoms with Gasteiger partial charge < -0.3 is 14.8 Å². The molecule has 0 amide bonds. The van der Waals surface area contributed by atoms with Gasteiger partial charge in [0.05, 0.1) is 7.11 Å². The van der Waals surface area contributed by atoms with Crippen molar-refractivity contribution >= 4 is 5.71 Å². The molecule has 98 valence electrons. The molecule has 0 bridgehead atoms. The predicted molar refractivity (Wildman–Crippen MR) is 71.2 cm³/mol. The summed E-state index contributed by atoms with van der Waals surface area (Å²) in [5.74, 6) is 0.312. The van der Waals surface area contributed by atoms with Crippen molar-refractivity contribution in [1.29, 1.82) is 5.26 Å². The van der Waals surface area contributed by atoms with Gasteiger partial charge in [-0.3, -0.25) is 0 Å². The summed E-state index contributed by atoms with van der Waals surface area (Å²) in [4.78, 5) is 4.37. The van der Waals surface area contributed by atoms with E-state index in [0.717, 1.165) is 5.56 Å². The van der Waals surface area contributed by atoms with Gasteiger partial charge in [-0.15, -0.1) is 0 Å². The highest BCUT2D eigenvalue weighted by atomic mass is 16.5. The van der Waals surface area contributed by atoms with Crippen LogP contribution >= 0.6 is 0 Å². The van der Waals surface area contributed by atoms with E-state index in [9.17, 15) is 0 Å². The molecular formula is C14H15N3O2. The van der Waals surface area contributed by atoms with Crippen molar-refractivity contribution < 1.29 is 9.47 Å². The van der Waals surface area contributed by atoms with Gasteiger partial charge in [-0.25, -0.2) is 4.99 Å². The second-order valence-electron chi connectivity index (χ2n) is 4.18. The first-order valence-corrected chi connectivity index (χ1v) is 5.81. The monoisotopic (exact) mass is 257 g/mol. The summed E-state index contributed by atoms with van der Waals surface area (Å²) in [5.41, 5.74) is 0.902. The van der Waals surface area contributed by atoms with Crippen LogP contribution in [0.4, 0.5) is 0 Å². The Hall–Kier alpha value is -2.32. The summed E-state index contributed by atoms with van der Waals surface area (Å²) >= 11 is 0. The molecule has 1 aromatic carbocycles. The normalized spacial score (nSPS) is 22.3. The van der Waals surface area contributed by atoms with Gasteiger partial charge >= 0.3 is 0 Å². The Balaban J connectivity index is 2.57. The molecule has 5 heteroatoms. The molecule has 0 fully saturated rings. The molecule has 0 radical (unpaired) electrons. The fraction of sp³-hybridized carbons (Fsp3) is 0.286. The van der Waals surface area contributed by atoms with E-state index in [1.807, 2.05) is 43.3 Å². The summed E-state index contributed by atoms with van der Waals surface area (Å²) in [6, 6.07) is 11.6. The summed E-state index contributed by atoms with van der Waals surface area (Å²) in [6.07, 6.45) is 0. The van der Waals surface area contributed by atoms with Crippen LogP contribution in [-0.4, -0.2) is 25.7 Å². The molecule has 0 aliphatic carbocycles. The number of hydrogen-bond donors (Lipinski definition) is 1. The molecule has 2 rings (SSSR count). The van der Waals surface area contributed by atoms with E-state index >= 15 is 0 Å². The molecule has 19 heavy (non-hydrogen) atoms. The minimum absolute atomic E-state index is 0.205. The van der Waals surface area contributed by atoms with E-state index in [2.05, 4.69) is 10.3 Å². The number of nitrogens with zero attached hydrogens (tertiary/aromatic N) is 2. The highest BCUT2D eigenvalue weighted by molar-refractivity contribution is 6.07. The molecule has 1 unspecified atom stereocenters. The number of benzene rings is 1. The Labute approximate surface area is 112 Å². The maximum absolute atomic E-state index is 9.12. The van der Waals surface area contributed by atoms with Crippen LogP contribution in [0.25, 0.3) is 0 Å². The number of methoxy groups -OCH3 is 2. The maximum Gasteiger partial charge on any atom is 0.226 e. The second kappa shape index (κ2) is 5.12. The minimum atomic E-state index is -0.840. The van der Waals surface area contributed by atoms with E-state index in [-0.39, 0.29) is 5.70 Å². The maximum atomic E-state index is 9.12. The van der Waals surface area contributed by atoms with Crippen molar-refractivity contribution in [3.05, 3.63) is 47.5 Å². The number of aliphatic imine (C=N–C) groups is 1. The van der Waals surface area contributed by atoms with Gasteiger partial charge in [-0.1, -0.05) is 30.3 Å². The zero-order valence-electron chi connectivity index (χ0n) is 11.1. The Bertz CT molecular complexity index is 572. The Morgan fingerprint density at radius 3 is 2.47 bits per heavy atom. The first-order chi connectivity index (χ1) is 9.14. The standard InChI is InChI=1S/C14H15N3O2/c1-14(19-3)12(10-7-5-4-6-8-10)16-11(9-15)13(17-14)18-2/h4-8,17H,1-3H3. The van der Waals surface area contributed by atoms with E-state index < -0.39 is 5.72 Å². The first-order valence-electron chi connectivity index (χ1n) is 5.81. The average molecular weight is 257 g/mol. The summed E-state index contributed by atoms with van der Waals surface area (Å²) in [6.45, 7) is 1.84. The van der Waals surface area contributed by atoms with Gasteiger partial charge in [0.15, 0.2) is 5.72 Å². The molecule has 1 heterocycles. The van der Waals surface area contributed by atoms with Gasteiger partial charge in [0, 0.05) is 12.7 Å². The smallest absolute Gasteiger partial charge is 0.226 e. The van der Waals surface area contributed by atoms with Crippen molar-refractivity contribution in [3.63, 3.8) is 0 Å². The van der Waals surface area contributed by atoms with Crippen LogP contribution in [0.1, 0.15) is 12.5 Å². The van der Waals surface area contributed by atoms with Crippen molar-refractivity contribution in [3.8, 4) is 6.07 Å². The number of hydrogen-bond acceptors (Lipinski definition) is 5. The Morgan fingerprint density at radius 1 is 1.26 bits per heavy atom. The fourth-order valence-electron chi connectivity index (χ4n) is 1.91. The zero-order chi connectivity index (χ0) is 13.9. The van der Waals surface area contributed by atoms with E-state index in [1.54, 1.807) is 7.11 Å². The van der Waals surface area contributed by atoms with Crippen molar-refractivity contribution in [2.45, 2.75) is 12.6 Å². The molecule has 1 aromatic rings. The fourth-order valence-corrected chi connectivity index (χ4v) is 1.91. The van der Waals surface area contributed by atoms with Crippen molar-refractivity contribution in [1.82, 2.24) is 5.32 Å². The largest absolute Gasteiger partial charge is 0.480 e. The van der Waals surface area contributed by atoms with Gasteiger partial charge in [0.1, 0.15) is 11.8 Å². The van der Waals surface area contributed by atoms with Crippen molar-refractivity contribution in [2.24, 2.45) is 4.99 Å². The van der Waals surface area contributed by atoms with E-state index in [1.165, 1.54) is 7.11 Å². The summed E-state index contributed by atoms with van der Waals surface area (Å²) in [5, 5.41) is 12.2. The van der Waals surface area contributed by atoms with Crippen LogP contribution in [-0.2, 0) is 9.47 Å². The number of allylic oxidation sites excluding steroid dienone is 1. The van der Waals surface area contributed by atoms with Crippen LogP contribution in [0.15, 0.2) is 46.9 Å². The SMILES string of the molecule is COC1=C(C#N)N=C(c2ccccc2)C(C)(OC)N1. The third-order valence-electron chi connectivity index (χ3n) is 3.01. The van der Waals surface area contributed by atoms with Crippen LogP contribution < -0.4 is 5.32 Å². The minimum Gasteiger partial charge on any atom is -0.480 e. The lowest BCUT2D eigenvalue weighted by molar-refractivity contribution is 0.0266. The Kier molecular flexibility index (Phi) is 3.54. The molecule has 1 aliphatic rings. The van der Waals surface area contributed by atoms with Crippen LogP contribution in [0.3, 0.4) is 0 Å². The number of ether oxygens (including phenoxy) is 2. The molecule has 1 aliphatic heterocycles. The number of nitriles is 1. The highest BCUT2D eigenvalue weighted by Gasteiger charge is 2.37. The molecule has 0 aromatic heterocycles. The predicted octanol–water partition coefficient (Wildman–Crippen LogP) is 1.78. The molecule has 0 saturated carbocycles. The van der Waals surface area contributed by atoms with Crippen molar-refractivity contribution in [2.75, 3.05) is 14.2 Å². The molecule has 0 spiro atoms. The number of rotatable bonds is 3. The molecular weight excluding hydrogens is 242 g/mol. The lowest BCUT2D eigenvalue weighted by Gasteiger charge is -2.35. The first kappa shape index (κ1) is 13.1. The van der Waals surface area contributed by atoms with Gasteiger partial charge in [-0.05, 0) is 6.92 Å². The van der Waals surface area contributed by atoms with Crippen LogP contribution in [0.2, 0.25) is 0 Å². The third kappa shape index (κ3) is 2.30. The van der Waals surface area contributed by atoms with E-state index in [4.69, 9.17) is 14.7 Å². The molecule has 5 nitrogen and oxygen atoms in total. The third-order valence-corrected chi connectivity index (χ3v) is 3.01. The van der Waals surface area contributed by atoms with Gasteiger partial charge in [-0.2, -0.15) is 5.26 Å². The van der Waals surface area contributed by atoms with Crippen LogP contribution in [0, 0.1) is 11.3 Å². The molecule has 1 N–H and O–H groups in total.